The molecule has 1 amide bonds. The largest absolute Gasteiger partial charge is 0.497 e. The second kappa shape index (κ2) is 8.41. The van der Waals surface area contributed by atoms with Gasteiger partial charge in [-0.05, 0) is 72.3 Å². The van der Waals surface area contributed by atoms with Crippen LogP contribution >= 0.6 is 11.6 Å². The smallest absolute Gasteiger partial charge is 0.282 e. The van der Waals surface area contributed by atoms with Gasteiger partial charge in [0, 0.05) is 22.7 Å². The summed E-state index contributed by atoms with van der Waals surface area (Å²) in [5.41, 5.74) is 2.18. The van der Waals surface area contributed by atoms with Gasteiger partial charge in [0.25, 0.3) is 11.6 Å². The number of anilines is 1. The van der Waals surface area contributed by atoms with Crippen LogP contribution in [0.25, 0.3) is 6.08 Å². The summed E-state index contributed by atoms with van der Waals surface area (Å²) in [4.78, 5) is 29.7. The Morgan fingerprint density at radius 1 is 1.00 bits per heavy atom. The number of ether oxygens (including phenoxy) is 1. The van der Waals surface area contributed by atoms with Gasteiger partial charge in [0.2, 0.25) is 0 Å². The lowest BCUT2D eigenvalue weighted by molar-refractivity contribution is -0.384. The van der Waals surface area contributed by atoms with E-state index in [1.54, 1.807) is 61.7 Å². The van der Waals surface area contributed by atoms with Gasteiger partial charge in [-0.3, -0.25) is 19.8 Å². The molecule has 4 rings (SSSR count). The van der Waals surface area contributed by atoms with Crippen molar-refractivity contribution in [1.29, 1.82) is 0 Å². The van der Waals surface area contributed by atoms with Gasteiger partial charge in [0.1, 0.15) is 17.3 Å². The first-order chi connectivity index (χ1) is 15.0. The van der Waals surface area contributed by atoms with E-state index in [2.05, 4.69) is 4.99 Å². The number of amides is 1. The second-order valence-electron chi connectivity index (χ2n) is 6.66. The number of carbonyl (C=O) groups excluding carboxylic acids is 1. The van der Waals surface area contributed by atoms with Gasteiger partial charge in [-0.1, -0.05) is 11.6 Å². The van der Waals surface area contributed by atoms with Crippen LogP contribution in [-0.2, 0) is 4.79 Å². The van der Waals surface area contributed by atoms with E-state index >= 15 is 0 Å². The number of halogens is 1. The lowest BCUT2D eigenvalue weighted by atomic mass is 10.1. The van der Waals surface area contributed by atoms with Crippen molar-refractivity contribution >= 4 is 40.8 Å². The van der Waals surface area contributed by atoms with Gasteiger partial charge in [-0.2, -0.15) is 0 Å². The van der Waals surface area contributed by atoms with E-state index in [9.17, 15) is 14.9 Å². The number of carbonyl (C=O) groups is 1. The van der Waals surface area contributed by atoms with Crippen molar-refractivity contribution in [3.63, 3.8) is 0 Å². The highest BCUT2D eigenvalue weighted by Gasteiger charge is 2.32. The molecule has 0 saturated heterocycles. The number of nitrogens with zero attached hydrogens (tertiary/aromatic N) is 3. The normalized spacial score (nSPS) is 14.6. The molecule has 0 unspecified atom stereocenters. The summed E-state index contributed by atoms with van der Waals surface area (Å²) in [7, 11) is 1.58. The predicted molar refractivity (Wildman–Crippen MR) is 120 cm³/mol. The summed E-state index contributed by atoms with van der Waals surface area (Å²) < 4.78 is 5.21. The number of rotatable bonds is 5. The van der Waals surface area contributed by atoms with Crippen LogP contribution in [0, 0.1) is 10.1 Å². The summed E-state index contributed by atoms with van der Waals surface area (Å²) in [5.74, 6) is 0.836. The SMILES string of the molecule is COc1ccc(C2=N/C(=C/c3ccc([N+](=O)[O-])cc3)C(=O)N2c2ccc(Cl)cc2)cc1. The van der Waals surface area contributed by atoms with E-state index in [1.807, 2.05) is 12.1 Å². The van der Waals surface area contributed by atoms with Crippen LogP contribution in [0.3, 0.4) is 0 Å². The van der Waals surface area contributed by atoms with Crippen LogP contribution < -0.4 is 9.64 Å². The van der Waals surface area contributed by atoms with Crippen LogP contribution in [0.15, 0.2) is 83.5 Å². The van der Waals surface area contributed by atoms with E-state index < -0.39 is 4.92 Å². The molecule has 1 aliphatic heterocycles. The summed E-state index contributed by atoms with van der Waals surface area (Å²) in [5, 5.41) is 11.4. The number of aliphatic imine (C=N–C) groups is 1. The molecular formula is C23H16ClN3O4. The van der Waals surface area contributed by atoms with Gasteiger partial charge >= 0.3 is 0 Å². The molecule has 154 valence electrons. The number of non-ortho nitro benzene ring substituents is 1. The Balaban J connectivity index is 1.77. The molecule has 0 bridgehead atoms. The summed E-state index contributed by atoms with van der Waals surface area (Å²) in [6.07, 6.45) is 1.60. The predicted octanol–water partition coefficient (Wildman–Crippen LogP) is 5.09. The maximum atomic E-state index is 13.3. The Labute approximate surface area is 183 Å². The Bertz CT molecular complexity index is 1200. The number of methoxy groups -OCH3 is 1. The minimum absolute atomic E-state index is 0.0230. The van der Waals surface area contributed by atoms with Gasteiger partial charge < -0.3 is 4.74 Å². The molecule has 7 nitrogen and oxygen atoms in total. The van der Waals surface area contributed by atoms with Crippen molar-refractivity contribution < 1.29 is 14.5 Å². The molecule has 0 N–H and O–H groups in total. The molecule has 8 heteroatoms. The molecule has 0 aliphatic carbocycles. The summed E-state index contributed by atoms with van der Waals surface area (Å²) in [6.45, 7) is 0. The van der Waals surface area contributed by atoms with E-state index in [4.69, 9.17) is 16.3 Å². The van der Waals surface area contributed by atoms with Gasteiger partial charge in [-0.15, -0.1) is 0 Å². The average Bonchev–Trinajstić information content (AvgIpc) is 3.10. The van der Waals surface area contributed by atoms with Crippen LogP contribution in [0.1, 0.15) is 11.1 Å². The Morgan fingerprint density at radius 3 is 2.23 bits per heavy atom. The summed E-state index contributed by atoms with van der Waals surface area (Å²) >= 11 is 6.01. The third kappa shape index (κ3) is 4.17. The van der Waals surface area contributed by atoms with Crippen molar-refractivity contribution in [2.24, 2.45) is 4.99 Å². The third-order valence-corrected chi connectivity index (χ3v) is 4.95. The van der Waals surface area contributed by atoms with E-state index in [0.717, 1.165) is 5.56 Å². The van der Waals surface area contributed by atoms with Crippen LogP contribution in [0.5, 0.6) is 5.75 Å². The van der Waals surface area contributed by atoms with E-state index in [1.165, 1.54) is 17.0 Å². The van der Waals surface area contributed by atoms with E-state index in [-0.39, 0.29) is 17.3 Å². The molecule has 0 aromatic heterocycles. The van der Waals surface area contributed by atoms with Crippen molar-refractivity contribution in [3.05, 3.63) is 105 Å². The molecule has 1 aliphatic rings. The second-order valence-corrected chi connectivity index (χ2v) is 7.10. The number of nitro groups is 1. The lowest BCUT2D eigenvalue weighted by Crippen LogP contribution is -2.32. The van der Waals surface area contributed by atoms with Gasteiger partial charge in [-0.25, -0.2) is 4.99 Å². The minimum Gasteiger partial charge on any atom is -0.497 e. The third-order valence-electron chi connectivity index (χ3n) is 4.70. The molecule has 0 spiro atoms. The monoisotopic (exact) mass is 433 g/mol. The maximum absolute atomic E-state index is 13.3. The molecule has 3 aromatic carbocycles. The zero-order valence-corrected chi connectivity index (χ0v) is 17.1. The Morgan fingerprint density at radius 2 is 1.65 bits per heavy atom. The van der Waals surface area contributed by atoms with E-state index in [0.29, 0.717) is 27.9 Å². The average molecular weight is 434 g/mol. The molecule has 0 fully saturated rings. The number of nitro benzene ring substituents is 1. The highest BCUT2D eigenvalue weighted by atomic mass is 35.5. The highest BCUT2D eigenvalue weighted by Crippen LogP contribution is 2.29. The van der Waals surface area contributed by atoms with Crippen LogP contribution in [0.4, 0.5) is 11.4 Å². The zero-order chi connectivity index (χ0) is 22.0. The number of amidine groups is 1. The highest BCUT2D eigenvalue weighted by molar-refractivity contribution is 6.34. The van der Waals surface area contributed by atoms with Gasteiger partial charge in [0.05, 0.1) is 17.7 Å². The first-order valence-electron chi connectivity index (χ1n) is 9.25. The first kappa shape index (κ1) is 20.3. The van der Waals surface area contributed by atoms with Crippen molar-refractivity contribution in [2.45, 2.75) is 0 Å². The first-order valence-corrected chi connectivity index (χ1v) is 9.63. The molecule has 0 atom stereocenters. The van der Waals surface area contributed by atoms with Crippen LogP contribution in [-0.4, -0.2) is 23.8 Å². The molecule has 0 saturated carbocycles. The summed E-state index contributed by atoms with van der Waals surface area (Å²) in [6, 6.07) is 20.0. The Hall–Kier alpha value is -3.97. The van der Waals surface area contributed by atoms with Crippen molar-refractivity contribution in [1.82, 2.24) is 0 Å². The maximum Gasteiger partial charge on any atom is 0.282 e. The number of benzene rings is 3. The van der Waals surface area contributed by atoms with Crippen molar-refractivity contribution in [2.75, 3.05) is 12.0 Å². The lowest BCUT2D eigenvalue weighted by Gasteiger charge is -2.18. The number of hydrogen-bond donors (Lipinski definition) is 0. The molecule has 1 heterocycles. The standard InChI is InChI=1S/C23H16ClN3O4/c1-31-20-12-4-16(5-13-20)22-25-21(14-15-2-8-19(9-3-15)27(29)30)23(28)26(22)18-10-6-17(24)7-11-18/h2-14H,1H3/b21-14+. The number of hydrogen-bond acceptors (Lipinski definition) is 5. The van der Waals surface area contributed by atoms with Crippen molar-refractivity contribution in [3.8, 4) is 5.75 Å². The van der Waals surface area contributed by atoms with Gasteiger partial charge in [0.15, 0.2) is 0 Å². The fourth-order valence-corrected chi connectivity index (χ4v) is 3.26. The topological polar surface area (TPSA) is 85.0 Å². The molecule has 3 aromatic rings. The molecular weight excluding hydrogens is 418 g/mol. The zero-order valence-electron chi connectivity index (χ0n) is 16.4. The minimum atomic E-state index is -0.472. The fourth-order valence-electron chi connectivity index (χ4n) is 3.13. The quantitative estimate of drug-likeness (QED) is 0.318. The van der Waals surface area contributed by atoms with Crippen LogP contribution in [0.2, 0.25) is 5.02 Å². The molecule has 0 radical (unpaired) electrons. The fraction of sp³-hybridized carbons (Fsp3) is 0.0435. The molecule has 31 heavy (non-hydrogen) atoms. The Kier molecular flexibility index (Phi) is 5.51.